The average Bonchev–Trinajstić information content (AvgIpc) is 2.92. The second-order valence-electron chi connectivity index (χ2n) is 9.83. The number of nitrogens with one attached hydrogen (secondary N) is 1. The molecule has 5 rings (SSSR count). The Bertz CT molecular complexity index is 1350. The number of hydrogen-bond acceptors (Lipinski definition) is 5. The first-order chi connectivity index (χ1) is 18.1. The molecule has 2 aliphatic heterocycles. The van der Waals surface area contributed by atoms with Crippen molar-refractivity contribution in [2.24, 2.45) is 4.99 Å². The normalized spacial score (nSPS) is 21.9. The number of benzene rings is 2. The number of likely N-dealkylation sites (tertiary alicyclic amines) is 1. The summed E-state index contributed by atoms with van der Waals surface area (Å²) in [6.45, 7) is 3.28. The quantitative estimate of drug-likeness (QED) is 0.404. The van der Waals surface area contributed by atoms with E-state index in [2.05, 4.69) is 10.2 Å². The van der Waals surface area contributed by atoms with Crippen LogP contribution in [0.5, 0.6) is 0 Å². The Labute approximate surface area is 218 Å². The van der Waals surface area contributed by atoms with Crippen molar-refractivity contribution in [1.82, 2.24) is 10.2 Å². The van der Waals surface area contributed by atoms with E-state index in [4.69, 9.17) is 9.73 Å². The number of methoxy groups -OCH3 is 1. The number of fused-ring (bicyclic) bond motifs is 1. The molecule has 0 bridgehead atoms. The summed E-state index contributed by atoms with van der Waals surface area (Å²) in [5.74, 6) is 0.104. The van der Waals surface area contributed by atoms with Gasteiger partial charge in [0.1, 0.15) is 17.3 Å². The molecule has 1 saturated heterocycles. The van der Waals surface area contributed by atoms with Crippen LogP contribution in [-0.2, 0) is 15.7 Å². The maximum atomic E-state index is 13.7. The first kappa shape index (κ1) is 25.8. The molecule has 1 fully saturated rings. The molecule has 0 radical (unpaired) electrons. The van der Waals surface area contributed by atoms with Crippen molar-refractivity contribution in [2.75, 3.05) is 20.2 Å². The van der Waals surface area contributed by atoms with Crippen molar-refractivity contribution in [3.05, 3.63) is 101 Å². The molecule has 1 aliphatic carbocycles. The topological polar surface area (TPSA) is 53.9 Å². The molecule has 0 amide bonds. The SMILES string of the molecule is COC(=O)C1=CC2=NC(c3ccc(F)cc3)=C(N3CCC(c4ccc(C(F)(F)F)cc4)CC3)NC2(C)C=C1. The molecule has 5 nitrogen and oxygen atoms in total. The Morgan fingerprint density at radius 1 is 1.08 bits per heavy atom. The van der Waals surface area contributed by atoms with Crippen LogP contribution in [0.25, 0.3) is 5.70 Å². The molecule has 1 unspecified atom stereocenters. The molecular weight excluding hydrogens is 498 g/mol. The van der Waals surface area contributed by atoms with Crippen molar-refractivity contribution >= 4 is 17.4 Å². The summed E-state index contributed by atoms with van der Waals surface area (Å²) in [6, 6.07) is 11.5. The minimum absolute atomic E-state index is 0.141. The van der Waals surface area contributed by atoms with Crippen LogP contribution in [0.1, 0.15) is 42.4 Å². The number of carbonyl (C=O) groups is 1. The standard InChI is InChI=1S/C29H27F4N3O2/c1-28-14-11-21(27(37)38-2)17-24(28)34-25(20-5-9-23(30)10-6-20)26(35-28)36-15-12-19(13-16-36)18-3-7-22(8-4-18)29(31,32)33/h3-11,14,17,19,35H,12-13,15-16H2,1-2H3. The fourth-order valence-electron chi connectivity index (χ4n) is 5.08. The fraction of sp³-hybridized carbons (Fsp3) is 0.310. The van der Waals surface area contributed by atoms with Gasteiger partial charge in [-0.05, 0) is 79.8 Å². The highest BCUT2D eigenvalue weighted by Crippen LogP contribution is 2.37. The first-order valence-corrected chi connectivity index (χ1v) is 12.4. The molecule has 1 N–H and O–H groups in total. The highest BCUT2D eigenvalue weighted by atomic mass is 19.4. The molecule has 2 heterocycles. The second kappa shape index (κ2) is 9.78. The first-order valence-electron chi connectivity index (χ1n) is 12.4. The number of esters is 1. The van der Waals surface area contributed by atoms with Crippen molar-refractivity contribution in [3.8, 4) is 0 Å². The van der Waals surface area contributed by atoms with Gasteiger partial charge in [0.25, 0.3) is 0 Å². The molecular formula is C29H27F4N3O2. The summed E-state index contributed by atoms with van der Waals surface area (Å²) in [6.07, 6.45) is 2.42. The van der Waals surface area contributed by atoms with Gasteiger partial charge < -0.3 is 15.0 Å². The second-order valence-corrected chi connectivity index (χ2v) is 9.83. The summed E-state index contributed by atoms with van der Waals surface area (Å²) in [4.78, 5) is 19.2. The van der Waals surface area contributed by atoms with Gasteiger partial charge in [0.15, 0.2) is 0 Å². The maximum absolute atomic E-state index is 13.7. The van der Waals surface area contributed by atoms with E-state index < -0.39 is 23.2 Å². The molecule has 38 heavy (non-hydrogen) atoms. The molecule has 1 atom stereocenters. The lowest BCUT2D eigenvalue weighted by Crippen LogP contribution is -2.54. The van der Waals surface area contributed by atoms with Gasteiger partial charge in [0, 0.05) is 18.7 Å². The Morgan fingerprint density at radius 3 is 2.34 bits per heavy atom. The third-order valence-electron chi connectivity index (χ3n) is 7.31. The van der Waals surface area contributed by atoms with Crippen LogP contribution in [0.3, 0.4) is 0 Å². The number of carbonyl (C=O) groups excluding carboxylic acids is 1. The minimum atomic E-state index is -4.35. The largest absolute Gasteiger partial charge is 0.465 e. The van der Waals surface area contributed by atoms with Gasteiger partial charge in [-0.3, -0.25) is 0 Å². The van der Waals surface area contributed by atoms with Crippen molar-refractivity contribution in [3.63, 3.8) is 0 Å². The van der Waals surface area contributed by atoms with Crippen LogP contribution in [0.2, 0.25) is 0 Å². The zero-order valence-corrected chi connectivity index (χ0v) is 21.0. The molecule has 3 aliphatic rings. The van der Waals surface area contributed by atoms with Crippen LogP contribution in [0.15, 0.2) is 83.1 Å². The van der Waals surface area contributed by atoms with Gasteiger partial charge in [-0.2, -0.15) is 13.2 Å². The summed E-state index contributed by atoms with van der Waals surface area (Å²) in [5.41, 5.74) is 1.92. The summed E-state index contributed by atoms with van der Waals surface area (Å²) in [5, 5.41) is 3.59. The minimum Gasteiger partial charge on any atom is -0.465 e. The van der Waals surface area contributed by atoms with Gasteiger partial charge in [-0.15, -0.1) is 0 Å². The van der Waals surface area contributed by atoms with Crippen molar-refractivity contribution in [2.45, 2.75) is 37.4 Å². The van der Waals surface area contributed by atoms with Crippen LogP contribution in [0.4, 0.5) is 17.6 Å². The predicted molar refractivity (Wildman–Crippen MR) is 137 cm³/mol. The molecule has 2 aromatic carbocycles. The average molecular weight is 526 g/mol. The van der Waals surface area contributed by atoms with E-state index in [-0.39, 0.29) is 11.7 Å². The van der Waals surface area contributed by atoms with E-state index in [1.165, 1.54) is 19.2 Å². The predicted octanol–water partition coefficient (Wildman–Crippen LogP) is 5.82. The Kier molecular flexibility index (Phi) is 6.63. The molecule has 2 aromatic rings. The monoisotopic (exact) mass is 525 g/mol. The number of nitrogens with zero attached hydrogens (tertiary/aromatic N) is 2. The van der Waals surface area contributed by atoms with E-state index >= 15 is 0 Å². The smallest absolute Gasteiger partial charge is 0.416 e. The zero-order valence-electron chi connectivity index (χ0n) is 21.0. The van der Waals surface area contributed by atoms with Gasteiger partial charge in [0.05, 0.1) is 29.5 Å². The van der Waals surface area contributed by atoms with Crippen LogP contribution >= 0.6 is 0 Å². The van der Waals surface area contributed by atoms with Gasteiger partial charge >= 0.3 is 12.1 Å². The Morgan fingerprint density at radius 2 is 1.74 bits per heavy atom. The van der Waals surface area contributed by atoms with E-state index in [1.807, 2.05) is 13.0 Å². The number of hydrogen-bond donors (Lipinski definition) is 1. The maximum Gasteiger partial charge on any atom is 0.416 e. The Hall–Kier alpha value is -3.88. The van der Waals surface area contributed by atoms with Crippen LogP contribution < -0.4 is 5.32 Å². The molecule has 0 saturated carbocycles. The molecule has 9 heteroatoms. The molecule has 0 aromatic heterocycles. The third kappa shape index (κ3) is 4.97. The van der Waals surface area contributed by atoms with E-state index in [0.717, 1.165) is 41.9 Å². The fourth-order valence-corrected chi connectivity index (χ4v) is 5.08. The third-order valence-corrected chi connectivity index (χ3v) is 7.31. The lowest BCUT2D eigenvalue weighted by Gasteiger charge is -2.43. The molecule has 0 spiro atoms. The number of halogens is 4. The Balaban J connectivity index is 1.44. The number of aliphatic imine (C=N–C) groups is 1. The van der Waals surface area contributed by atoms with Crippen molar-refractivity contribution < 1.29 is 27.1 Å². The van der Waals surface area contributed by atoms with Gasteiger partial charge in [0.2, 0.25) is 0 Å². The highest BCUT2D eigenvalue weighted by Gasteiger charge is 2.38. The number of ether oxygens (including phenoxy) is 1. The van der Waals surface area contributed by atoms with Gasteiger partial charge in [-0.25, -0.2) is 14.2 Å². The van der Waals surface area contributed by atoms with E-state index in [9.17, 15) is 22.4 Å². The van der Waals surface area contributed by atoms with E-state index in [0.29, 0.717) is 30.1 Å². The van der Waals surface area contributed by atoms with E-state index in [1.54, 1.807) is 36.4 Å². The summed E-state index contributed by atoms with van der Waals surface area (Å²) < 4.78 is 57.5. The highest BCUT2D eigenvalue weighted by molar-refractivity contribution is 6.13. The lowest BCUT2D eigenvalue weighted by molar-refractivity contribution is -0.137. The molecule has 198 valence electrons. The van der Waals surface area contributed by atoms with Gasteiger partial charge in [-0.1, -0.05) is 18.2 Å². The summed E-state index contributed by atoms with van der Waals surface area (Å²) in [7, 11) is 1.32. The zero-order chi connectivity index (χ0) is 27.1. The van der Waals surface area contributed by atoms with Crippen LogP contribution in [-0.4, -0.2) is 42.3 Å². The van der Waals surface area contributed by atoms with Crippen LogP contribution in [0, 0.1) is 5.82 Å². The number of alkyl halides is 3. The number of piperidine rings is 1. The van der Waals surface area contributed by atoms with Crippen molar-refractivity contribution in [1.29, 1.82) is 0 Å². The lowest BCUT2D eigenvalue weighted by atomic mass is 9.85. The summed E-state index contributed by atoms with van der Waals surface area (Å²) >= 11 is 0. The number of rotatable bonds is 4.